The molecule has 3 aromatic rings. The fraction of sp³-hybridized carbons (Fsp3) is 0.259. The van der Waals surface area contributed by atoms with Gasteiger partial charge in [0, 0.05) is 18.1 Å². The lowest BCUT2D eigenvalue weighted by Gasteiger charge is -2.32. The van der Waals surface area contributed by atoms with Crippen LogP contribution in [0.15, 0.2) is 71.6 Å². The van der Waals surface area contributed by atoms with Gasteiger partial charge < -0.3 is 10.2 Å². The Labute approximate surface area is 238 Å². The van der Waals surface area contributed by atoms with Crippen molar-refractivity contribution >= 4 is 62.3 Å². The Morgan fingerprint density at radius 2 is 1.63 bits per heavy atom. The van der Waals surface area contributed by atoms with Crippen LogP contribution >= 0.6 is 34.8 Å². The van der Waals surface area contributed by atoms with E-state index in [1.54, 1.807) is 50.2 Å². The average Bonchev–Trinajstić information content (AvgIpc) is 2.87. The highest BCUT2D eigenvalue weighted by Gasteiger charge is 2.32. The molecule has 0 saturated carbocycles. The van der Waals surface area contributed by atoms with Crippen LogP contribution in [0.2, 0.25) is 15.1 Å². The maximum atomic E-state index is 13.8. The molecule has 0 radical (unpaired) electrons. The van der Waals surface area contributed by atoms with E-state index in [0.717, 1.165) is 9.87 Å². The molecule has 3 aromatic carbocycles. The van der Waals surface area contributed by atoms with E-state index in [0.29, 0.717) is 17.1 Å². The third-order valence-corrected chi connectivity index (χ3v) is 8.60. The van der Waals surface area contributed by atoms with Crippen LogP contribution < -0.4 is 9.62 Å². The van der Waals surface area contributed by atoms with Gasteiger partial charge in [0.05, 0.1) is 20.6 Å². The monoisotopic (exact) mass is 595 g/mol. The van der Waals surface area contributed by atoms with E-state index in [1.807, 2.05) is 6.92 Å². The third kappa shape index (κ3) is 7.20. The molecule has 38 heavy (non-hydrogen) atoms. The van der Waals surface area contributed by atoms with Crippen molar-refractivity contribution in [2.75, 3.05) is 17.4 Å². The standard InChI is InChI=1S/C27H28Cl3N3O4S/c1-4-31-27(35)19(3)32(16-20-6-5-7-21(28)14-20)26(34)17-33(22-10-13-24(29)25(30)15-22)38(36,37)23-11-8-18(2)9-12-23/h5-15,19H,4,16-17H2,1-3H3,(H,31,35)/t19-/m1/s1. The molecule has 0 aromatic heterocycles. The summed E-state index contributed by atoms with van der Waals surface area (Å²) in [5.74, 6) is -0.962. The second-order valence-electron chi connectivity index (χ2n) is 8.65. The molecule has 3 rings (SSSR count). The Morgan fingerprint density at radius 3 is 2.24 bits per heavy atom. The third-order valence-electron chi connectivity index (χ3n) is 5.84. The summed E-state index contributed by atoms with van der Waals surface area (Å²) < 4.78 is 28.5. The summed E-state index contributed by atoms with van der Waals surface area (Å²) in [5.41, 5.74) is 1.72. The number of hydrogen-bond donors (Lipinski definition) is 1. The first-order chi connectivity index (χ1) is 17.9. The van der Waals surface area contributed by atoms with E-state index in [4.69, 9.17) is 34.8 Å². The molecule has 0 aliphatic carbocycles. The van der Waals surface area contributed by atoms with Crippen molar-refractivity contribution in [1.29, 1.82) is 0 Å². The zero-order valence-electron chi connectivity index (χ0n) is 21.1. The predicted molar refractivity (Wildman–Crippen MR) is 152 cm³/mol. The van der Waals surface area contributed by atoms with Crippen LogP contribution in [0.25, 0.3) is 0 Å². The van der Waals surface area contributed by atoms with Gasteiger partial charge in [-0.2, -0.15) is 0 Å². The second-order valence-corrected chi connectivity index (χ2v) is 11.8. The quantitative estimate of drug-likeness (QED) is 0.325. The molecule has 0 bridgehead atoms. The normalized spacial score (nSPS) is 12.1. The van der Waals surface area contributed by atoms with Crippen molar-refractivity contribution in [3.05, 3.63) is 92.9 Å². The van der Waals surface area contributed by atoms with E-state index in [-0.39, 0.29) is 33.1 Å². The van der Waals surface area contributed by atoms with Crippen LogP contribution in [0.3, 0.4) is 0 Å². The van der Waals surface area contributed by atoms with E-state index in [2.05, 4.69) is 5.32 Å². The SMILES string of the molecule is CCNC(=O)[C@@H](C)N(Cc1cccc(Cl)c1)C(=O)CN(c1ccc(Cl)c(Cl)c1)S(=O)(=O)c1ccc(C)cc1. The lowest BCUT2D eigenvalue weighted by atomic mass is 10.1. The Balaban J connectivity index is 2.06. The predicted octanol–water partition coefficient (Wildman–Crippen LogP) is 5.70. The van der Waals surface area contributed by atoms with Crippen molar-refractivity contribution in [2.45, 2.75) is 38.3 Å². The van der Waals surface area contributed by atoms with Crippen molar-refractivity contribution in [2.24, 2.45) is 0 Å². The average molecular weight is 597 g/mol. The molecule has 0 aliphatic heterocycles. The number of carbonyl (C=O) groups excluding carboxylic acids is 2. The fourth-order valence-electron chi connectivity index (χ4n) is 3.74. The molecule has 0 fully saturated rings. The van der Waals surface area contributed by atoms with Crippen LogP contribution in [-0.4, -0.2) is 44.3 Å². The van der Waals surface area contributed by atoms with E-state index < -0.39 is 28.5 Å². The van der Waals surface area contributed by atoms with Crippen LogP contribution in [0.4, 0.5) is 5.69 Å². The molecule has 0 aliphatic rings. The van der Waals surface area contributed by atoms with Crippen molar-refractivity contribution < 1.29 is 18.0 Å². The van der Waals surface area contributed by atoms with Gasteiger partial charge in [-0.1, -0.05) is 64.6 Å². The number of amides is 2. The number of nitrogens with one attached hydrogen (secondary N) is 1. The summed E-state index contributed by atoms with van der Waals surface area (Å²) in [6, 6.07) is 16.6. The summed E-state index contributed by atoms with van der Waals surface area (Å²) in [6.45, 7) is 5.03. The summed E-state index contributed by atoms with van der Waals surface area (Å²) >= 11 is 18.4. The highest BCUT2D eigenvalue weighted by Crippen LogP contribution is 2.31. The molecule has 0 unspecified atom stereocenters. The van der Waals surface area contributed by atoms with Crippen LogP contribution in [-0.2, 0) is 26.2 Å². The highest BCUT2D eigenvalue weighted by atomic mass is 35.5. The number of rotatable bonds is 10. The lowest BCUT2D eigenvalue weighted by Crippen LogP contribution is -2.51. The first-order valence-electron chi connectivity index (χ1n) is 11.8. The molecular weight excluding hydrogens is 569 g/mol. The van der Waals surface area contributed by atoms with Gasteiger partial charge in [-0.15, -0.1) is 0 Å². The Kier molecular flexibility index (Phi) is 10.1. The number of carbonyl (C=O) groups is 2. The minimum Gasteiger partial charge on any atom is -0.355 e. The molecule has 2 amide bonds. The molecule has 1 atom stereocenters. The maximum Gasteiger partial charge on any atom is 0.264 e. The molecule has 202 valence electrons. The van der Waals surface area contributed by atoms with Crippen LogP contribution in [0.5, 0.6) is 0 Å². The molecule has 7 nitrogen and oxygen atoms in total. The largest absolute Gasteiger partial charge is 0.355 e. The van der Waals surface area contributed by atoms with Crippen LogP contribution in [0.1, 0.15) is 25.0 Å². The van der Waals surface area contributed by atoms with Crippen LogP contribution in [0, 0.1) is 6.92 Å². The van der Waals surface area contributed by atoms with Gasteiger partial charge in [0.15, 0.2) is 0 Å². The lowest BCUT2D eigenvalue weighted by molar-refractivity contribution is -0.139. The van der Waals surface area contributed by atoms with Gasteiger partial charge >= 0.3 is 0 Å². The van der Waals surface area contributed by atoms with E-state index >= 15 is 0 Å². The Hall–Kier alpha value is -2.78. The minimum atomic E-state index is -4.20. The Morgan fingerprint density at radius 1 is 0.947 bits per heavy atom. The maximum absolute atomic E-state index is 13.8. The molecule has 0 heterocycles. The number of anilines is 1. The van der Waals surface area contributed by atoms with Crippen molar-refractivity contribution in [3.63, 3.8) is 0 Å². The molecule has 0 spiro atoms. The van der Waals surface area contributed by atoms with E-state index in [9.17, 15) is 18.0 Å². The summed E-state index contributed by atoms with van der Waals surface area (Å²) in [7, 11) is -4.20. The number of hydrogen-bond acceptors (Lipinski definition) is 4. The molecule has 1 N–H and O–H groups in total. The second kappa shape index (κ2) is 12.8. The van der Waals surface area contributed by atoms with Gasteiger partial charge in [-0.25, -0.2) is 8.42 Å². The van der Waals surface area contributed by atoms with Crippen molar-refractivity contribution in [3.8, 4) is 0 Å². The van der Waals surface area contributed by atoms with Gasteiger partial charge in [0.2, 0.25) is 11.8 Å². The first kappa shape index (κ1) is 29.8. The van der Waals surface area contributed by atoms with E-state index in [1.165, 1.54) is 35.2 Å². The van der Waals surface area contributed by atoms with Crippen molar-refractivity contribution in [1.82, 2.24) is 10.2 Å². The molecular formula is C27H28Cl3N3O4S. The van der Waals surface area contributed by atoms with Gasteiger partial charge in [-0.3, -0.25) is 13.9 Å². The topological polar surface area (TPSA) is 86.8 Å². The van der Waals surface area contributed by atoms with Gasteiger partial charge in [-0.05, 0) is 68.8 Å². The number of sulfonamides is 1. The molecule has 0 saturated heterocycles. The smallest absolute Gasteiger partial charge is 0.264 e. The summed E-state index contributed by atoms with van der Waals surface area (Å²) in [5, 5.41) is 3.56. The minimum absolute atomic E-state index is 0.000128. The zero-order chi connectivity index (χ0) is 28.0. The molecule has 11 heteroatoms. The Bertz CT molecular complexity index is 1420. The van der Waals surface area contributed by atoms with Gasteiger partial charge in [0.1, 0.15) is 12.6 Å². The number of halogens is 3. The van der Waals surface area contributed by atoms with Gasteiger partial charge in [0.25, 0.3) is 10.0 Å². The highest BCUT2D eigenvalue weighted by molar-refractivity contribution is 7.92. The number of benzene rings is 3. The number of nitrogens with zero attached hydrogens (tertiary/aromatic N) is 2. The number of likely N-dealkylation sites (N-methyl/N-ethyl adjacent to an activating group) is 1. The fourth-order valence-corrected chi connectivity index (χ4v) is 5.65. The number of aryl methyl sites for hydroxylation is 1. The summed E-state index contributed by atoms with van der Waals surface area (Å²) in [4.78, 5) is 27.9. The summed E-state index contributed by atoms with van der Waals surface area (Å²) in [6.07, 6.45) is 0. The first-order valence-corrected chi connectivity index (χ1v) is 14.4. The zero-order valence-corrected chi connectivity index (χ0v) is 24.2.